The molecule has 0 aromatic heterocycles. The number of anilines is 1. The SMILES string of the molecule is CCCCN(C)S(=O)(=O)c1cccc(N)c1[N+](=O)[O-]. The summed E-state index contributed by atoms with van der Waals surface area (Å²) in [6.07, 6.45) is 1.52. The van der Waals surface area contributed by atoms with E-state index < -0.39 is 20.6 Å². The molecule has 106 valence electrons. The van der Waals surface area contributed by atoms with Crippen molar-refractivity contribution in [1.82, 2.24) is 4.31 Å². The average Bonchev–Trinajstić information content (AvgIpc) is 2.34. The molecule has 0 spiro atoms. The lowest BCUT2D eigenvalue weighted by Gasteiger charge is -2.17. The fraction of sp³-hybridized carbons (Fsp3) is 0.455. The van der Waals surface area contributed by atoms with Crippen molar-refractivity contribution in [3.8, 4) is 0 Å². The Bertz CT molecular complexity index is 571. The minimum Gasteiger partial charge on any atom is -0.393 e. The van der Waals surface area contributed by atoms with Gasteiger partial charge in [-0.3, -0.25) is 10.1 Å². The van der Waals surface area contributed by atoms with Crippen molar-refractivity contribution in [1.29, 1.82) is 0 Å². The van der Waals surface area contributed by atoms with Gasteiger partial charge in [-0.2, -0.15) is 0 Å². The number of para-hydroxylation sites is 1. The molecule has 0 fully saturated rings. The first kappa shape index (κ1) is 15.4. The monoisotopic (exact) mass is 287 g/mol. The Morgan fingerprint density at radius 1 is 1.42 bits per heavy atom. The Morgan fingerprint density at radius 3 is 2.58 bits per heavy atom. The summed E-state index contributed by atoms with van der Waals surface area (Å²) in [6, 6.07) is 3.90. The van der Waals surface area contributed by atoms with Crippen LogP contribution in [0.3, 0.4) is 0 Å². The first-order valence-corrected chi connectivity index (χ1v) is 7.25. The number of nitro benzene ring substituents is 1. The van der Waals surface area contributed by atoms with Crippen LogP contribution in [-0.2, 0) is 10.0 Å². The molecule has 1 aromatic carbocycles. The van der Waals surface area contributed by atoms with Crippen molar-refractivity contribution in [3.05, 3.63) is 28.3 Å². The third-order valence-corrected chi connectivity index (χ3v) is 4.62. The van der Waals surface area contributed by atoms with Gasteiger partial charge in [0.05, 0.1) is 4.92 Å². The molecule has 0 aliphatic rings. The topological polar surface area (TPSA) is 107 Å². The fourth-order valence-electron chi connectivity index (χ4n) is 1.61. The number of benzene rings is 1. The lowest BCUT2D eigenvalue weighted by molar-refractivity contribution is -0.386. The van der Waals surface area contributed by atoms with E-state index in [4.69, 9.17) is 5.73 Å². The van der Waals surface area contributed by atoms with Crippen molar-refractivity contribution in [3.63, 3.8) is 0 Å². The standard InChI is InChI=1S/C11H17N3O4S/c1-3-4-8-13(2)19(17,18)10-7-5-6-9(12)11(10)14(15)16/h5-7H,3-4,8,12H2,1-2H3. The molecule has 0 heterocycles. The Kier molecular flexibility index (Phi) is 4.84. The average molecular weight is 287 g/mol. The van der Waals surface area contributed by atoms with E-state index in [1.165, 1.54) is 25.2 Å². The third-order valence-electron chi connectivity index (χ3n) is 2.73. The second-order valence-electron chi connectivity index (χ2n) is 4.13. The highest BCUT2D eigenvalue weighted by molar-refractivity contribution is 7.89. The number of nitro groups is 1. The van der Waals surface area contributed by atoms with E-state index in [0.29, 0.717) is 13.0 Å². The third kappa shape index (κ3) is 3.21. The van der Waals surface area contributed by atoms with Crippen LogP contribution >= 0.6 is 0 Å². The van der Waals surface area contributed by atoms with Crippen LogP contribution in [0.25, 0.3) is 0 Å². The summed E-state index contributed by atoms with van der Waals surface area (Å²) in [5.41, 5.74) is 4.77. The van der Waals surface area contributed by atoms with Gasteiger partial charge < -0.3 is 5.73 Å². The fourth-order valence-corrected chi connectivity index (χ4v) is 3.00. The van der Waals surface area contributed by atoms with Crippen LogP contribution in [0.5, 0.6) is 0 Å². The molecule has 0 saturated heterocycles. The molecule has 8 heteroatoms. The van der Waals surface area contributed by atoms with Gasteiger partial charge in [0.2, 0.25) is 10.0 Å². The summed E-state index contributed by atoms with van der Waals surface area (Å²) < 4.78 is 25.7. The number of nitrogens with two attached hydrogens (primary N) is 1. The highest BCUT2D eigenvalue weighted by Crippen LogP contribution is 2.31. The first-order chi connectivity index (χ1) is 8.82. The second-order valence-corrected chi connectivity index (χ2v) is 6.14. The summed E-state index contributed by atoms with van der Waals surface area (Å²) in [4.78, 5) is 9.84. The van der Waals surface area contributed by atoms with Crippen molar-refractivity contribution < 1.29 is 13.3 Å². The summed E-state index contributed by atoms with van der Waals surface area (Å²) >= 11 is 0. The molecule has 0 bridgehead atoms. The molecule has 0 atom stereocenters. The highest BCUT2D eigenvalue weighted by atomic mass is 32.2. The largest absolute Gasteiger partial charge is 0.393 e. The number of hydrogen-bond donors (Lipinski definition) is 1. The maximum atomic E-state index is 12.3. The van der Waals surface area contributed by atoms with Crippen LogP contribution in [0, 0.1) is 10.1 Å². The number of hydrogen-bond acceptors (Lipinski definition) is 5. The van der Waals surface area contributed by atoms with E-state index in [2.05, 4.69) is 0 Å². The number of nitrogen functional groups attached to an aromatic ring is 1. The second kappa shape index (κ2) is 5.98. The van der Waals surface area contributed by atoms with Crippen molar-refractivity contribution >= 4 is 21.4 Å². The molecular weight excluding hydrogens is 270 g/mol. The van der Waals surface area contributed by atoms with Crippen LogP contribution in [0.4, 0.5) is 11.4 Å². The zero-order valence-corrected chi connectivity index (χ0v) is 11.7. The molecule has 1 aromatic rings. The quantitative estimate of drug-likeness (QED) is 0.486. The summed E-state index contributed by atoms with van der Waals surface area (Å²) in [5, 5.41) is 11.0. The van der Waals surface area contributed by atoms with E-state index in [1.54, 1.807) is 0 Å². The maximum absolute atomic E-state index is 12.3. The van der Waals surface area contributed by atoms with Gasteiger partial charge in [-0.05, 0) is 18.6 Å². The van der Waals surface area contributed by atoms with Crippen LogP contribution in [0.2, 0.25) is 0 Å². The Labute approximate surface area is 112 Å². The number of unbranched alkanes of at least 4 members (excludes halogenated alkanes) is 1. The van der Waals surface area contributed by atoms with Gasteiger partial charge in [-0.1, -0.05) is 19.4 Å². The molecule has 19 heavy (non-hydrogen) atoms. The molecular formula is C11H17N3O4S. The predicted molar refractivity (Wildman–Crippen MR) is 72.2 cm³/mol. The van der Waals surface area contributed by atoms with E-state index in [1.807, 2.05) is 6.92 Å². The first-order valence-electron chi connectivity index (χ1n) is 5.81. The minimum atomic E-state index is -3.90. The summed E-state index contributed by atoms with van der Waals surface area (Å²) in [5.74, 6) is 0. The van der Waals surface area contributed by atoms with Crippen molar-refractivity contribution in [2.45, 2.75) is 24.7 Å². The molecule has 2 N–H and O–H groups in total. The van der Waals surface area contributed by atoms with Gasteiger partial charge in [0.15, 0.2) is 4.90 Å². The number of sulfonamides is 1. The van der Waals surface area contributed by atoms with Gasteiger partial charge in [-0.25, -0.2) is 12.7 Å². The predicted octanol–water partition coefficient (Wildman–Crippen LogP) is 1.60. The molecule has 0 aliphatic heterocycles. The Hall–Kier alpha value is -1.67. The zero-order valence-electron chi connectivity index (χ0n) is 10.9. The van der Waals surface area contributed by atoms with Gasteiger partial charge in [0, 0.05) is 13.6 Å². The highest BCUT2D eigenvalue weighted by Gasteiger charge is 2.30. The maximum Gasteiger partial charge on any atom is 0.312 e. The number of nitrogens with zero attached hydrogens (tertiary/aromatic N) is 2. The molecule has 0 unspecified atom stereocenters. The van der Waals surface area contributed by atoms with Gasteiger partial charge >= 0.3 is 5.69 Å². The van der Waals surface area contributed by atoms with Crippen LogP contribution in [0.1, 0.15) is 19.8 Å². The van der Waals surface area contributed by atoms with Crippen LogP contribution in [0.15, 0.2) is 23.1 Å². The lowest BCUT2D eigenvalue weighted by Crippen LogP contribution is -2.28. The van der Waals surface area contributed by atoms with E-state index >= 15 is 0 Å². The van der Waals surface area contributed by atoms with E-state index in [9.17, 15) is 18.5 Å². The summed E-state index contributed by atoms with van der Waals surface area (Å²) in [7, 11) is -2.50. The molecule has 1 rings (SSSR count). The van der Waals surface area contributed by atoms with Crippen molar-refractivity contribution in [2.24, 2.45) is 0 Å². The van der Waals surface area contributed by atoms with E-state index in [-0.39, 0.29) is 10.6 Å². The van der Waals surface area contributed by atoms with Gasteiger partial charge in [-0.15, -0.1) is 0 Å². The summed E-state index contributed by atoms with van der Waals surface area (Å²) in [6.45, 7) is 2.24. The molecule has 0 amide bonds. The normalized spacial score (nSPS) is 11.7. The molecule has 0 radical (unpaired) electrons. The molecule has 7 nitrogen and oxygen atoms in total. The van der Waals surface area contributed by atoms with Gasteiger partial charge in [0.1, 0.15) is 5.69 Å². The number of rotatable bonds is 6. The molecule has 0 aliphatic carbocycles. The Balaban J connectivity index is 3.29. The van der Waals surface area contributed by atoms with Crippen LogP contribution in [-0.4, -0.2) is 31.2 Å². The smallest absolute Gasteiger partial charge is 0.312 e. The Morgan fingerprint density at radius 2 is 2.05 bits per heavy atom. The van der Waals surface area contributed by atoms with E-state index in [0.717, 1.165) is 10.7 Å². The van der Waals surface area contributed by atoms with Crippen LogP contribution < -0.4 is 5.73 Å². The molecule has 0 saturated carbocycles. The van der Waals surface area contributed by atoms with Crippen molar-refractivity contribution in [2.75, 3.05) is 19.3 Å². The van der Waals surface area contributed by atoms with Gasteiger partial charge in [0.25, 0.3) is 0 Å². The lowest BCUT2D eigenvalue weighted by atomic mass is 10.3. The minimum absolute atomic E-state index is 0.157. The zero-order chi connectivity index (χ0) is 14.6.